The lowest BCUT2D eigenvalue weighted by atomic mass is 9.96. The number of thioether (sulfide) groups is 1. The Hall–Kier alpha value is -2.44. The van der Waals surface area contributed by atoms with Gasteiger partial charge in [0.1, 0.15) is 11.1 Å². The Labute approximate surface area is 177 Å². The quantitative estimate of drug-likeness (QED) is 0.733. The number of rotatable bonds is 5. The molecule has 2 aliphatic rings. The van der Waals surface area contributed by atoms with E-state index in [-0.39, 0.29) is 17.7 Å². The minimum atomic E-state index is -0.285. The molecule has 3 heterocycles. The normalized spacial score (nSPS) is 18.9. The molecule has 4 rings (SSSR count). The second kappa shape index (κ2) is 8.51. The summed E-state index contributed by atoms with van der Waals surface area (Å²) < 4.78 is 0. The molecule has 9 heteroatoms. The van der Waals surface area contributed by atoms with Crippen LogP contribution in [0.4, 0.5) is 5.13 Å². The monoisotopic (exact) mass is 427 g/mol. The summed E-state index contributed by atoms with van der Waals surface area (Å²) in [5.41, 5.74) is 1.64. The number of anilines is 1. The fourth-order valence-electron chi connectivity index (χ4n) is 3.59. The fourth-order valence-corrected chi connectivity index (χ4v) is 4.68. The maximum absolute atomic E-state index is 13.3. The molecule has 29 heavy (non-hydrogen) atoms. The zero-order chi connectivity index (χ0) is 20.4. The topological polar surface area (TPSA) is 99.0 Å². The van der Waals surface area contributed by atoms with Crippen LogP contribution in [0.15, 0.2) is 22.7 Å². The van der Waals surface area contributed by atoms with E-state index < -0.39 is 0 Å². The zero-order valence-electron chi connectivity index (χ0n) is 16.1. The van der Waals surface area contributed by atoms with Gasteiger partial charge < -0.3 is 10.2 Å². The number of nitriles is 1. The molecule has 7 nitrogen and oxygen atoms in total. The largest absolute Gasteiger partial charge is 0.338 e. The van der Waals surface area contributed by atoms with Gasteiger partial charge in [0.25, 0.3) is 5.91 Å². The zero-order valence-corrected chi connectivity index (χ0v) is 17.7. The van der Waals surface area contributed by atoms with Crippen LogP contribution in [-0.4, -0.2) is 46.0 Å². The van der Waals surface area contributed by atoms with Crippen LogP contribution in [0.3, 0.4) is 0 Å². The number of carbonyl (C=O) groups excluding carboxylic acids is 2. The van der Waals surface area contributed by atoms with E-state index in [1.165, 1.54) is 23.1 Å². The van der Waals surface area contributed by atoms with Crippen molar-refractivity contribution < 1.29 is 9.59 Å². The summed E-state index contributed by atoms with van der Waals surface area (Å²) in [7, 11) is 0. The molecule has 1 aliphatic carbocycles. The molecule has 1 atom stereocenters. The molecule has 0 radical (unpaired) electrons. The molecule has 2 amide bonds. The number of piperidine rings is 1. The number of nitrogens with zero attached hydrogens (tertiary/aromatic N) is 4. The van der Waals surface area contributed by atoms with Crippen LogP contribution < -0.4 is 5.32 Å². The summed E-state index contributed by atoms with van der Waals surface area (Å²) in [6, 6.07) is 3.96. The summed E-state index contributed by atoms with van der Waals surface area (Å²) >= 11 is 2.76. The molecule has 0 bridgehead atoms. The first-order chi connectivity index (χ1) is 14.1. The molecule has 1 saturated heterocycles. The van der Waals surface area contributed by atoms with Gasteiger partial charge in [-0.3, -0.25) is 9.59 Å². The lowest BCUT2D eigenvalue weighted by molar-refractivity contribution is -0.121. The molecule has 2 fully saturated rings. The lowest BCUT2D eigenvalue weighted by Crippen LogP contribution is -2.44. The van der Waals surface area contributed by atoms with Crippen molar-refractivity contribution in [3.8, 4) is 6.07 Å². The van der Waals surface area contributed by atoms with Crippen LogP contribution in [0.2, 0.25) is 0 Å². The third kappa shape index (κ3) is 4.28. The maximum Gasteiger partial charge on any atom is 0.255 e. The van der Waals surface area contributed by atoms with Crippen LogP contribution in [0, 0.1) is 17.2 Å². The fraction of sp³-hybridized carbons (Fsp3) is 0.450. The Morgan fingerprint density at radius 3 is 2.86 bits per heavy atom. The number of likely N-dealkylation sites (tertiary alicyclic amines) is 1. The van der Waals surface area contributed by atoms with Crippen molar-refractivity contribution in [2.24, 2.45) is 5.92 Å². The number of amides is 2. The van der Waals surface area contributed by atoms with Crippen molar-refractivity contribution in [1.29, 1.82) is 5.26 Å². The first kappa shape index (κ1) is 19.9. The van der Waals surface area contributed by atoms with Gasteiger partial charge in [0.2, 0.25) is 5.91 Å². The van der Waals surface area contributed by atoms with Crippen LogP contribution in [-0.2, 0) is 4.79 Å². The van der Waals surface area contributed by atoms with E-state index in [0.29, 0.717) is 40.3 Å². The van der Waals surface area contributed by atoms with Gasteiger partial charge in [-0.1, -0.05) is 0 Å². The standard InChI is InChI=1S/C20H21N5O2S2/c1-28-18-15(10-21)14(9-16(23-18)12-4-5-12)19(27)25-7-2-3-13(11-25)17(26)24-20-22-6-8-29-20/h6,8-9,12-13H,2-5,7,11H2,1H3,(H,22,24,26). The Morgan fingerprint density at radius 1 is 1.38 bits per heavy atom. The average molecular weight is 428 g/mol. The first-order valence-electron chi connectivity index (χ1n) is 9.59. The highest BCUT2D eigenvalue weighted by Crippen LogP contribution is 2.41. The lowest BCUT2D eigenvalue weighted by Gasteiger charge is -2.32. The number of nitrogens with one attached hydrogen (secondary N) is 1. The number of carbonyl (C=O) groups is 2. The number of pyridine rings is 1. The van der Waals surface area contributed by atoms with Gasteiger partial charge in [0.15, 0.2) is 5.13 Å². The second-order valence-corrected chi connectivity index (χ2v) is 8.97. The van der Waals surface area contributed by atoms with Crippen molar-refractivity contribution >= 4 is 40.0 Å². The van der Waals surface area contributed by atoms with Crippen molar-refractivity contribution in [2.45, 2.75) is 36.6 Å². The number of aromatic nitrogens is 2. The van der Waals surface area contributed by atoms with E-state index in [1.54, 1.807) is 22.5 Å². The highest BCUT2D eigenvalue weighted by Gasteiger charge is 2.33. The summed E-state index contributed by atoms with van der Waals surface area (Å²) in [6.45, 7) is 0.928. The molecule has 1 aliphatic heterocycles. The molecule has 2 aromatic heterocycles. The third-order valence-corrected chi connectivity index (χ3v) is 6.65. The van der Waals surface area contributed by atoms with E-state index in [1.807, 2.05) is 6.26 Å². The average Bonchev–Trinajstić information content (AvgIpc) is 3.49. The number of thiazole rings is 1. The molecular weight excluding hydrogens is 406 g/mol. The molecule has 0 aromatic carbocycles. The predicted octanol–water partition coefficient (Wildman–Crippen LogP) is 3.50. The molecule has 1 saturated carbocycles. The minimum absolute atomic E-state index is 0.115. The molecule has 2 aromatic rings. The van der Waals surface area contributed by atoms with E-state index >= 15 is 0 Å². The Balaban J connectivity index is 1.55. The molecule has 150 valence electrons. The van der Waals surface area contributed by atoms with Crippen LogP contribution in [0.25, 0.3) is 0 Å². The number of hydrogen-bond acceptors (Lipinski definition) is 7. The first-order valence-corrected chi connectivity index (χ1v) is 11.7. The second-order valence-electron chi connectivity index (χ2n) is 7.28. The van der Waals surface area contributed by atoms with Crippen LogP contribution >= 0.6 is 23.1 Å². The van der Waals surface area contributed by atoms with Gasteiger partial charge in [-0.05, 0) is 38.0 Å². The van der Waals surface area contributed by atoms with E-state index in [0.717, 1.165) is 31.4 Å². The van der Waals surface area contributed by atoms with Gasteiger partial charge in [-0.25, -0.2) is 9.97 Å². The maximum atomic E-state index is 13.3. The van der Waals surface area contributed by atoms with Gasteiger partial charge in [0, 0.05) is 36.3 Å². The van der Waals surface area contributed by atoms with Crippen molar-refractivity contribution in [3.05, 3.63) is 34.5 Å². The Bertz CT molecular complexity index is 966. The summed E-state index contributed by atoms with van der Waals surface area (Å²) in [4.78, 5) is 36.3. The van der Waals surface area contributed by atoms with Gasteiger partial charge in [0.05, 0.1) is 17.0 Å². The van der Waals surface area contributed by atoms with Crippen LogP contribution in [0.1, 0.15) is 53.2 Å². The minimum Gasteiger partial charge on any atom is -0.338 e. The van der Waals surface area contributed by atoms with E-state index in [4.69, 9.17) is 0 Å². The molecular formula is C20H21N5O2S2. The van der Waals surface area contributed by atoms with Crippen molar-refractivity contribution in [1.82, 2.24) is 14.9 Å². The predicted molar refractivity (Wildman–Crippen MR) is 112 cm³/mol. The van der Waals surface area contributed by atoms with E-state index in [2.05, 4.69) is 21.4 Å². The number of hydrogen-bond donors (Lipinski definition) is 1. The summed E-state index contributed by atoms with van der Waals surface area (Å²) in [5, 5.41) is 15.5. The Morgan fingerprint density at radius 2 is 2.21 bits per heavy atom. The highest BCUT2D eigenvalue weighted by atomic mass is 32.2. The summed E-state index contributed by atoms with van der Waals surface area (Å²) in [5.74, 6) is -0.200. The van der Waals surface area contributed by atoms with Crippen LogP contribution in [0.5, 0.6) is 0 Å². The third-order valence-electron chi connectivity index (χ3n) is 5.28. The van der Waals surface area contributed by atoms with Gasteiger partial charge in [-0.2, -0.15) is 5.26 Å². The highest BCUT2D eigenvalue weighted by molar-refractivity contribution is 7.98. The molecule has 0 spiro atoms. The smallest absolute Gasteiger partial charge is 0.255 e. The van der Waals surface area contributed by atoms with Crippen molar-refractivity contribution in [3.63, 3.8) is 0 Å². The van der Waals surface area contributed by atoms with Gasteiger partial charge in [-0.15, -0.1) is 23.1 Å². The SMILES string of the molecule is CSc1nc(C2CC2)cc(C(=O)N2CCCC(C(=O)Nc3nccs3)C2)c1C#N. The van der Waals surface area contributed by atoms with Gasteiger partial charge >= 0.3 is 0 Å². The van der Waals surface area contributed by atoms with Crippen molar-refractivity contribution in [2.75, 3.05) is 24.7 Å². The molecule has 1 unspecified atom stereocenters. The summed E-state index contributed by atoms with van der Waals surface area (Å²) in [6.07, 6.45) is 7.14. The Kier molecular flexibility index (Phi) is 5.83. The molecule has 1 N–H and O–H groups in total. The van der Waals surface area contributed by atoms with E-state index in [9.17, 15) is 14.9 Å².